The number of allylic oxidation sites excluding steroid dienone is 16. The minimum absolute atomic E-state index is 0.110. The second kappa shape index (κ2) is 52.9. The van der Waals surface area contributed by atoms with Crippen molar-refractivity contribution in [2.45, 2.75) is 245 Å². The highest BCUT2D eigenvalue weighted by molar-refractivity contribution is 5.71. The second-order valence-electron chi connectivity index (χ2n) is 17.4. The lowest BCUT2D eigenvalue weighted by molar-refractivity contribution is -0.167. The fourth-order valence-corrected chi connectivity index (χ4v) is 7.05. The smallest absolute Gasteiger partial charge is 0.306 e. The van der Waals surface area contributed by atoms with E-state index in [-0.39, 0.29) is 37.5 Å². The summed E-state index contributed by atoms with van der Waals surface area (Å²) in [7, 11) is 0. The molecule has 370 valence electrons. The molecule has 0 saturated carbocycles. The van der Waals surface area contributed by atoms with Crippen molar-refractivity contribution in [3.8, 4) is 0 Å². The van der Waals surface area contributed by atoms with Crippen molar-refractivity contribution >= 4 is 17.9 Å². The van der Waals surface area contributed by atoms with E-state index < -0.39 is 6.10 Å². The van der Waals surface area contributed by atoms with Gasteiger partial charge in [0.15, 0.2) is 6.10 Å². The maximum Gasteiger partial charge on any atom is 0.306 e. The summed E-state index contributed by atoms with van der Waals surface area (Å²) in [6, 6.07) is 0. The number of rotatable bonds is 47. The van der Waals surface area contributed by atoms with E-state index in [4.69, 9.17) is 14.2 Å². The lowest BCUT2D eigenvalue weighted by atomic mass is 10.1. The van der Waals surface area contributed by atoms with Crippen LogP contribution in [-0.2, 0) is 28.6 Å². The van der Waals surface area contributed by atoms with Crippen LogP contribution in [0.5, 0.6) is 0 Å². The van der Waals surface area contributed by atoms with Crippen molar-refractivity contribution in [2.75, 3.05) is 13.2 Å². The number of hydrogen-bond acceptors (Lipinski definition) is 6. The van der Waals surface area contributed by atoms with E-state index in [1.165, 1.54) is 83.5 Å². The Balaban J connectivity index is 4.51. The summed E-state index contributed by atoms with van der Waals surface area (Å²) < 4.78 is 16.7. The Morgan fingerprint density at radius 3 is 1.12 bits per heavy atom. The number of esters is 3. The van der Waals surface area contributed by atoms with Crippen LogP contribution in [-0.4, -0.2) is 37.2 Å². The van der Waals surface area contributed by atoms with Crippen LogP contribution in [0.4, 0.5) is 0 Å². The van der Waals surface area contributed by atoms with E-state index >= 15 is 0 Å². The quantitative estimate of drug-likeness (QED) is 0.0199. The minimum Gasteiger partial charge on any atom is -0.462 e. The first-order valence-corrected chi connectivity index (χ1v) is 26.8. The molecule has 0 aromatic rings. The van der Waals surface area contributed by atoms with Crippen molar-refractivity contribution in [1.82, 2.24) is 0 Å². The maximum absolute atomic E-state index is 12.8. The van der Waals surface area contributed by atoms with Gasteiger partial charge in [-0.25, -0.2) is 0 Å². The van der Waals surface area contributed by atoms with Crippen molar-refractivity contribution in [2.24, 2.45) is 0 Å². The maximum atomic E-state index is 12.8. The third kappa shape index (κ3) is 51.2. The van der Waals surface area contributed by atoms with Gasteiger partial charge >= 0.3 is 17.9 Å². The van der Waals surface area contributed by atoms with E-state index in [1.54, 1.807) is 0 Å². The van der Waals surface area contributed by atoms with E-state index in [0.29, 0.717) is 19.3 Å². The summed E-state index contributed by atoms with van der Waals surface area (Å²) in [5.41, 5.74) is 0. The molecule has 0 bridgehead atoms. The summed E-state index contributed by atoms with van der Waals surface area (Å²) in [6.07, 6.45) is 69.7. The average Bonchev–Trinajstić information content (AvgIpc) is 3.30. The van der Waals surface area contributed by atoms with Crippen molar-refractivity contribution in [3.05, 3.63) is 97.2 Å². The highest BCUT2D eigenvalue weighted by atomic mass is 16.6. The third-order valence-corrected chi connectivity index (χ3v) is 11.1. The number of ether oxygens (including phenoxy) is 3. The normalized spacial score (nSPS) is 12.8. The molecule has 0 N–H and O–H groups in total. The van der Waals surface area contributed by atoms with Crippen LogP contribution < -0.4 is 0 Å². The molecule has 0 heterocycles. The first-order valence-electron chi connectivity index (χ1n) is 26.8. The monoisotopic (exact) mass is 903 g/mol. The molecule has 0 aliphatic carbocycles. The van der Waals surface area contributed by atoms with E-state index in [2.05, 4.69) is 118 Å². The Morgan fingerprint density at radius 1 is 0.338 bits per heavy atom. The van der Waals surface area contributed by atoms with Gasteiger partial charge in [-0.3, -0.25) is 14.4 Å². The van der Waals surface area contributed by atoms with Crippen LogP contribution in [0.2, 0.25) is 0 Å². The summed E-state index contributed by atoms with van der Waals surface area (Å²) in [5.74, 6) is -0.995. The second-order valence-corrected chi connectivity index (χ2v) is 17.4. The van der Waals surface area contributed by atoms with E-state index in [0.717, 1.165) is 109 Å². The molecular formula is C59H98O6. The average molecular weight is 903 g/mol. The van der Waals surface area contributed by atoms with Gasteiger partial charge in [-0.15, -0.1) is 0 Å². The number of carbonyl (C=O) groups is 3. The van der Waals surface area contributed by atoms with E-state index in [1.807, 2.05) is 0 Å². The van der Waals surface area contributed by atoms with Crippen molar-refractivity contribution < 1.29 is 28.6 Å². The van der Waals surface area contributed by atoms with Crippen LogP contribution in [0.15, 0.2) is 97.2 Å². The van der Waals surface area contributed by atoms with Gasteiger partial charge in [0.05, 0.1) is 0 Å². The summed E-state index contributed by atoms with van der Waals surface area (Å²) in [4.78, 5) is 38.0. The van der Waals surface area contributed by atoms with Gasteiger partial charge < -0.3 is 14.2 Å². The Kier molecular flexibility index (Phi) is 50.0. The Labute approximate surface area is 400 Å². The highest BCUT2D eigenvalue weighted by Crippen LogP contribution is 2.13. The standard InChI is InChI=1S/C59H98O6/c1-4-7-10-13-16-19-22-25-27-29-31-32-34-37-40-43-46-49-52-58(61)64-55-56(54-63-57(60)51-48-45-42-39-36-24-21-18-15-12-9-6-3)65-59(62)53-50-47-44-41-38-35-33-30-28-26-23-20-17-14-11-8-5-2/h8,11,17-18,20-21,26-29,31-33,35,41,44,56H,4-7,9-10,12-16,19,22-25,30,34,36-40,42-43,45-55H2,1-3H3/b11-8-,20-17-,21-18-,28-26-,29-27-,32-31-,35-33-,44-41-. The van der Waals surface area contributed by atoms with Gasteiger partial charge in [0.2, 0.25) is 0 Å². The molecule has 0 rings (SSSR count). The largest absolute Gasteiger partial charge is 0.462 e. The lowest BCUT2D eigenvalue weighted by Gasteiger charge is -2.18. The summed E-state index contributed by atoms with van der Waals surface area (Å²) >= 11 is 0. The molecule has 6 heteroatoms. The van der Waals surface area contributed by atoms with Gasteiger partial charge in [-0.1, -0.05) is 208 Å². The minimum atomic E-state index is -0.817. The molecule has 0 amide bonds. The third-order valence-electron chi connectivity index (χ3n) is 11.1. The zero-order valence-corrected chi connectivity index (χ0v) is 42.2. The highest BCUT2D eigenvalue weighted by Gasteiger charge is 2.19. The van der Waals surface area contributed by atoms with Crippen LogP contribution in [0, 0.1) is 0 Å². The number of carbonyl (C=O) groups excluding carboxylic acids is 3. The van der Waals surface area contributed by atoms with Crippen LogP contribution in [0.3, 0.4) is 0 Å². The zero-order chi connectivity index (χ0) is 47.2. The lowest BCUT2D eigenvalue weighted by Crippen LogP contribution is -2.30. The molecule has 0 radical (unpaired) electrons. The fraction of sp³-hybridized carbons (Fsp3) is 0.678. The molecule has 0 aliphatic rings. The molecule has 1 atom stereocenters. The molecule has 65 heavy (non-hydrogen) atoms. The molecule has 1 unspecified atom stereocenters. The molecule has 0 saturated heterocycles. The Bertz CT molecular complexity index is 1310. The van der Waals surface area contributed by atoms with Crippen LogP contribution in [0.1, 0.15) is 239 Å². The number of unbranched alkanes of at least 4 members (excludes halogenated alkanes) is 21. The molecule has 0 aromatic carbocycles. The van der Waals surface area contributed by atoms with Crippen molar-refractivity contribution in [3.63, 3.8) is 0 Å². The van der Waals surface area contributed by atoms with Gasteiger partial charge in [-0.05, 0) is 109 Å². The fourth-order valence-electron chi connectivity index (χ4n) is 7.05. The Morgan fingerprint density at radius 2 is 0.662 bits per heavy atom. The summed E-state index contributed by atoms with van der Waals surface area (Å²) in [5, 5.41) is 0. The van der Waals surface area contributed by atoms with Gasteiger partial charge in [0, 0.05) is 19.3 Å². The molecular weight excluding hydrogens is 805 g/mol. The van der Waals surface area contributed by atoms with Gasteiger partial charge in [-0.2, -0.15) is 0 Å². The Hall–Kier alpha value is -3.67. The first kappa shape index (κ1) is 61.3. The zero-order valence-electron chi connectivity index (χ0n) is 42.2. The van der Waals surface area contributed by atoms with Crippen molar-refractivity contribution in [1.29, 1.82) is 0 Å². The molecule has 0 spiro atoms. The van der Waals surface area contributed by atoms with E-state index in [9.17, 15) is 14.4 Å². The van der Waals surface area contributed by atoms with Gasteiger partial charge in [0.25, 0.3) is 0 Å². The molecule has 6 nitrogen and oxygen atoms in total. The topological polar surface area (TPSA) is 78.9 Å². The van der Waals surface area contributed by atoms with Crippen LogP contribution in [0.25, 0.3) is 0 Å². The molecule has 0 aromatic heterocycles. The SMILES string of the molecule is CC/C=C\C/C=C\C/C=C\C/C=C\C/C=C\CCCC(=O)OC(COC(=O)CCCCCCC/C=C\C=C/CCCCCCCCC)COC(=O)CCCCCCC/C=C\CCCCC. The molecule has 0 fully saturated rings. The predicted molar refractivity (Wildman–Crippen MR) is 279 cm³/mol. The molecule has 0 aliphatic heterocycles. The number of hydrogen-bond donors (Lipinski definition) is 0. The predicted octanol–water partition coefficient (Wildman–Crippen LogP) is 17.8. The first-order chi connectivity index (χ1) is 32.0. The summed E-state index contributed by atoms with van der Waals surface area (Å²) in [6.45, 7) is 6.42. The van der Waals surface area contributed by atoms with Crippen LogP contribution >= 0.6 is 0 Å². The van der Waals surface area contributed by atoms with Gasteiger partial charge in [0.1, 0.15) is 13.2 Å².